The topological polar surface area (TPSA) is 47.9 Å². The standard InChI is InChI=1S/C20H16ClNO3/c1-2-24-17-10-5-15(6-11-17)13-18-20(23)25-19(22-18)12-7-14-3-8-16(21)9-4-14/h3-13H,2H2,1H3. The van der Waals surface area contributed by atoms with Gasteiger partial charge in [-0.25, -0.2) is 9.79 Å². The van der Waals surface area contributed by atoms with Crippen molar-refractivity contribution in [2.24, 2.45) is 4.99 Å². The molecule has 0 aliphatic carbocycles. The van der Waals surface area contributed by atoms with Crippen LogP contribution in [0, 0.1) is 0 Å². The SMILES string of the molecule is CCOc1ccc(C=C2N=C(C=Cc3ccc(Cl)cc3)OC2=O)cc1. The first-order valence-corrected chi connectivity index (χ1v) is 8.21. The van der Waals surface area contributed by atoms with Crippen molar-refractivity contribution in [1.29, 1.82) is 0 Å². The van der Waals surface area contributed by atoms with Crippen LogP contribution >= 0.6 is 11.6 Å². The van der Waals surface area contributed by atoms with E-state index in [1.165, 1.54) is 0 Å². The van der Waals surface area contributed by atoms with Gasteiger partial charge >= 0.3 is 5.97 Å². The van der Waals surface area contributed by atoms with Crippen LogP contribution in [-0.4, -0.2) is 18.5 Å². The highest BCUT2D eigenvalue weighted by atomic mass is 35.5. The summed E-state index contributed by atoms with van der Waals surface area (Å²) in [6.45, 7) is 2.54. The van der Waals surface area contributed by atoms with Crippen LogP contribution in [0.25, 0.3) is 12.2 Å². The Morgan fingerprint density at radius 3 is 2.40 bits per heavy atom. The number of hydrogen-bond donors (Lipinski definition) is 0. The van der Waals surface area contributed by atoms with E-state index >= 15 is 0 Å². The predicted molar refractivity (Wildman–Crippen MR) is 99.6 cm³/mol. The Hall–Kier alpha value is -2.85. The smallest absolute Gasteiger partial charge is 0.363 e. The summed E-state index contributed by atoms with van der Waals surface area (Å²) in [4.78, 5) is 16.2. The van der Waals surface area contributed by atoms with E-state index in [1.807, 2.05) is 49.4 Å². The minimum Gasteiger partial charge on any atom is -0.494 e. The van der Waals surface area contributed by atoms with E-state index in [0.29, 0.717) is 11.6 Å². The van der Waals surface area contributed by atoms with Gasteiger partial charge in [0.2, 0.25) is 5.90 Å². The molecule has 0 saturated heterocycles. The van der Waals surface area contributed by atoms with Crippen LogP contribution < -0.4 is 4.74 Å². The Bertz CT molecular complexity index is 850. The van der Waals surface area contributed by atoms with Gasteiger partial charge < -0.3 is 9.47 Å². The average Bonchev–Trinajstić information content (AvgIpc) is 2.96. The van der Waals surface area contributed by atoms with Crippen molar-refractivity contribution in [3.63, 3.8) is 0 Å². The highest BCUT2D eigenvalue weighted by Gasteiger charge is 2.21. The van der Waals surface area contributed by atoms with Gasteiger partial charge in [0.25, 0.3) is 0 Å². The minimum absolute atomic E-state index is 0.261. The molecule has 0 bridgehead atoms. The van der Waals surface area contributed by atoms with Gasteiger partial charge in [-0.2, -0.15) is 0 Å². The molecule has 0 aromatic heterocycles. The van der Waals surface area contributed by atoms with E-state index in [9.17, 15) is 4.79 Å². The maximum absolute atomic E-state index is 11.9. The van der Waals surface area contributed by atoms with E-state index in [-0.39, 0.29) is 11.6 Å². The first-order chi connectivity index (χ1) is 12.1. The fraction of sp³-hybridized carbons (Fsp3) is 0.100. The molecule has 1 aliphatic rings. The summed E-state index contributed by atoms with van der Waals surface area (Å²) < 4.78 is 10.6. The van der Waals surface area contributed by atoms with Crippen molar-refractivity contribution in [1.82, 2.24) is 0 Å². The third-order valence-corrected chi connectivity index (χ3v) is 3.67. The molecule has 126 valence electrons. The number of halogens is 1. The number of rotatable bonds is 5. The summed E-state index contributed by atoms with van der Waals surface area (Å²) in [5, 5.41) is 0.669. The Kier molecular flexibility index (Phi) is 5.31. The van der Waals surface area contributed by atoms with Gasteiger partial charge in [0.05, 0.1) is 6.61 Å². The van der Waals surface area contributed by atoms with Gasteiger partial charge in [-0.3, -0.25) is 0 Å². The third-order valence-electron chi connectivity index (χ3n) is 3.42. The highest BCUT2D eigenvalue weighted by Crippen LogP contribution is 2.19. The summed E-state index contributed by atoms with van der Waals surface area (Å²) in [5.41, 5.74) is 2.05. The van der Waals surface area contributed by atoms with Gasteiger partial charge in [0.1, 0.15) is 5.75 Å². The molecule has 0 radical (unpaired) electrons. The van der Waals surface area contributed by atoms with Crippen LogP contribution in [0.1, 0.15) is 18.1 Å². The molecular weight excluding hydrogens is 338 g/mol. The van der Waals surface area contributed by atoms with Gasteiger partial charge in [0, 0.05) is 11.1 Å². The zero-order valence-corrected chi connectivity index (χ0v) is 14.4. The van der Waals surface area contributed by atoms with Crippen molar-refractivity contribution in [3.05, 3.63) is 76.5 Å². The zero-order chi connectivity index (χ0) is 17.6. The lowest BCUT2D eigenvalue weighted by atomic mass is 10.2. The van der Waals surface area contributed by atoms with E-state index in [2.05, 4.69) is 4.99 Å². The van der Waals surface area contributed by atoms with Crippen molar-refractivity contribution in [2.75, 3.05) is 6.61 Å². The summed E-state index contributed by atoms with van der Waals surface area (Å²) >= 11 is 5.85. The maximum atomic E-state index is 11.9. The van der Waals surface area contributed by atoms with Crippen molar-refractivity contribution < 1.29 is 14.3 Å². The molecule has 0 spiro atoms. The fourth-order valence-corrected chi connectivity index (χ4v) is 2.35. The summed E-state index contributed by atoms with van der Waals surface area (Å²) in [7, 11) is 0. The second-order valence-corrected chi connectivity index (χ2v) is 5.69. The first-order valence-electron chi connectivity index (χ1n) is 7.83. The Labute approximate surface area is 151 Å². The second-order valence-electron chi connectivity index (χ2n) is 5.26. The average molecular weight is 354 g/mol. The number of nitrogens with zero attached hydrogens (tertiary/aromatic N) is 1. The van der Waals surface area contributed by atoms with Crippen LogP contribution in [0.5, 0.6) is 5.75 Å². The van der Waals surface area contributed by atoms with Crippen LogP contribution in [0.4, 0.5) is 0 Å². The lowest BCUT2D eigenvalue weighted by Gasteiger charge is -2.02. The van der Waals surface area contributed by atoms with Gasteiger partial charge in [0.15, 0.2) is 5.70 Å². The number of carbonyl (C=O) groups excluding carboxylic acids is 1. The quantitative estimate of drug-likeness (QED) is 0.575. The number of esters is 1. The number of benzene rings is 2. The minimum atomic E-state index is -0.468. The molecule has 25 heavy (non-hydrogen) atoms. The number of carbonyl (C=O) groups is 1. The molecule has 2 aromatic rings. The van der Waals surface area contributed by atoms with Crippen molar-refractivity contribution >= 4 is 35.6 Å². The highest BCUT2D eigenvalue weighted by molar-refractivity contribution is 6.30. The maximum Gasteiger partial charge on any atom is 0.363 e. The van der Waals surface area contributed by atoms with E-state index < -0.39 is 5.97 Å². The molecule has 0 fully saturated rings. The monoisotopic (exact) mass is 353 g/mol. The molecule has 0 saturated carbocycles. The molecule has 0 atom stereocenters. The van der Waals surface area contributed by atoms with E-state index in [0.717, 1.165) is 16.9 Å². The van der Waals surface area contributed by atoms with Gasteiger partial charge in [-0.1, -0.05) is 35.9 Å². The van der Waals surface area contributed by atoms with E-state index in [4.69, 9.17) is 21.1 Å². The van der Waals surface area contributed by atoms with E-state index in [1.54, 1.807) is 24.3 Å². The normalized spacial score (nSPS) is 15.5. The first kappa shape index (κ1) is 17.0. The Balaban J connectivity index is 1.74. The molecule has 0 N–H and O–H groups in total. The molecule has 5 heteroatoms. The Morgan fingerprint density at radius 1 is 1.04 bits per heavy atom. The zero-order valence-electron chi connectivity index (χ0n) is 13.6. The number of aliphatic imine (C=N–C) groups is 1. The third kappa shape index (κ3) is 4.58. The number of ether oxygens (including phenoxy) is 2. The van der Waals surface area contributed by atoms with Crippen LogP contribution in [0.2, 0.25) is 5.02 Å². The molecule has 1 aliphatic heterocycles. The van der Waals surface area contributed by atoms with Crippen LogP contribution in [0.15, 0.2) is 65.3 Å². The molecule has 0 amide bonds. The molecule has 0 unspecified atom stereocenters. The van der Waals surface area contributed by atoms with Gasteiger partial charge in [-0.15, -0.1) is 0 Å². The second kappa shape index (κ2) is 7.81. The van der Waals surface area contributed by atoms with Gasteiger partial charge in [-0.05, 0) is 54.5 Å². The largest absolute Gasteiger partial charge is 0.494 e. The summed E-state index contributed by atoms with van der Waals surface area (Å²) in [6, 6.07) is 14.7. The molecule has 3 rings (SSSR count). The van der Waals surface area contributed by atoms with Crippen molar-refractivity contribution in [3.8, 4) is 5.75 Å². The van der Waals surface area contributed by atoms with Crippen LogP contribution in [-0.2, 0) is 9.53 Å². The van der Waals surface area contributed by atoms with Crippen molar-refractivity contribution in [2.45, 2.75) is 6.92 Å². The Morgan fingerprint density at radius 2 is 1.72 bits per heavy atom. The summed E-state index contributed by atoms with van der Waals surface area (Å²) in [5.74, 6) is 0.579. The lowest BCUT2D eigenvalue weighted by Crippen LogP contribution is -2.01. The predicted octanol–water partition coefficient (Wildman–Crippen LogP) is 4.75. The number of cyclic esters (lactones) is 1. The molecular formula is C20H16ClNO3. The molecule has 1 heterocycles. The summed E-state index contributed by atoms with van der Waals surface area (Å²) in [6.07, 6.45) is 5.14. The molecule has 4 nitrogen and oxygen atoms in total. The van der Waals surface area contributed by atoms with Crippen LogP contribution in [0.3, 0.4) is 0 Å². The molecule has 2 aromatic carbocycles. The lowest BCUT2D eigenvalue weighted by molar-refractivity contribution is -0.129. The fourth-order valence-electron chi connectivity index (χ4n) is 2.22. The number of hydrogen-bond acceptors (Lipinski definition) is 4.